The third-order valence-electron chi connectivity index (χ3n) is 7.11. The van der Waals surface area contributed by atoms with E-state index in [1.165, 1.54) is 0 Å². The first-order valence-corrected chi connectivity index (χ1v) is 9.26. The maximum atomic E-state index is 10.9. The minimum Gasteiger partial charge on any atom is -0.481 e. The molecule has 0 aromatic rings. The number of hydrogen-bond donors (Lipinski definition) is 3. The Morgan fingerprint density at radius 1 is 1.33 bits per heavy atom. The molecule has 24 heavy (non-hydrogen) atoms. The number of carboxylic acid groups (broad SMARTS) is 1. The van der Waals surface area contributed by atoms with Gasteiger partial charge in [0.15, 0.2) is 0 Å². The Morgan fingerprint density at radius 3 is 2.54 bits per heavy atom. The minimum absolute atomic E-state index is 0.0159. The molecular formula is C20H34O4. The SMILES string of the molecule is C=C1C(O)CC2C(C)(C)C(O)CCC2(C)C1CCC(C)CC(=O)O. The van der Waals surface area contributed by atoms with Gasteiger partial charge in [-0.25, -0.2) is 0 Å². The summed E-state index contributed by atoms with van der Waals surface area (Å²) in [5.74, 6) is -0.196. The first kappa shape index (κ1) is 19.5. The van der Waals surface area contributed by atoms with Crippen molar-refractivity contribution in [1.82, 2.24) is 0 Å². The molecule has 4 heteroatoms. The maximum absolute atomic E-state index is 10.9. The van der Waals surface area contributed by atoms with Gasteiger partial charge in [0.1, 0.15) is 0 Å². The Bertz CT molecular complexity index is 498. The molecule has 2 saturated carbocycles. The number of carboxylic acids is 1. The highest BCUT2D eigenvalue weighted by Gasteiger charge is 2.57. The topological polar surface area (TPSA) is 77.8 Å². The second-order valence-corrected chi connectivity index (χ2v) is 9.09. The summed E-state index contributed by atoms with van der Waals surface area (Å²) in [5.41, 5.74) is 0.699. The van der Waals surface area contributed by atoms with Crippen LogP contribution in [0.25, 0.3) is 0 Å². The summed E-state index contributed by atoms with van der Waals surface area (Å²) in [6.45, 7) is 12.7. The lowest BCUT2D eigenvalue weighted by Gasteiger charge is -2.60. The third-order valence-corrected chi connectivity index (χ3v) is 7.11. The molecule has 4 nitrogen and oxygen atoms in total. The van der Waals surface area contributed by atoms with Crippen LogP contribution in [0, 0.1) is 28.6 Å². The molecular weight excluding hydrogens is 304 g/mol. The van der Waals surface area contributed by atoms with Gasteiger partial charge in [-0.3, -0.25) is 4.79 Å². The third kappa shape index (κ3) is 3.41. The Kier molecular flexibility index (Phi) is 5.51. The molecule has 2 aliphatic rings. The molecule has 0 radical (unpaired) electrons. The van der Waals surface area contributed by atoms with E-state index < -0.39 is 12.1 Å². The van der Waals surface area contributed by atoms with Crippen molar-refractivity contribution >= 4 is 5.97 Å². The first-order valence-electron chi connectivity index (χ1n) is 9.26. The minimum atomic E-state index is -0.754. The van der Waals surface area contributed by atoms with E-state index in [0.29, 0.717) is 6.42 Å². The van der Waals surface area contributed by atoms with Gasteiger partial charge in [0, 0.05) is 6.42 Å². The van der Waals surface area contributed by atoms with Crippen LogP contribution in [-0.2, 0) is 4.79 Å². The van der Waals surface area contributed by atoms with Gasteiger partial charge in [-0.1, -0.05) is 34.3 Å². The van der Waals surface area contributed by atoms with Crippen LogP contribution in [0.3, 0.4) is 0 Å². The number of carbonyl (C=O) groups is 1. The van der Waals surface area contributed by atoms with E-state index in [9.17, 15) is 15.0 Å². The van der Waals surface area contributed by atoms with Crippen molar-refractivity contribution in [3.8, 4) is 0 Å². The molecule has 2 aliphatic carbocycles. The van der Waals surface area contributed by atoms with E-state index in [-0.39, 0.29) is 41.1 Å². The molecule has 0 aromatic heterocycles. The van der Waals surface area contributed by atoms with Crippen LogP contribution in [0.5, 0.6) is 0 Å². The lowest BCUT2D eigenvalue weighted by Crippen LogP contribution is -2.57. The monoisotopic (exact) mass is 338 g/mol. The standard InChI is InChI=1S/C20H34O4/c1-12(10-18(23)24)6-7-14-13(2)15(21)11-16-19(3,4)17(22)8-9-20(14,16)5/h12,14-17,21-22H,2,6-11H2,1,3-5H3,(H,23,24). The highest BCUT2D eigenvalue weighted by Crippen LogP contribution is 2.61. The van der Waals surface area contributed by atoms with Crippen molar-refractivity contribution in [3.05, 3.63) is 12.2 Å². The zero-order valence-corrected chi connectivity index (χ0v) is 15.6. The smallest absolute Gasteiger partial charge is 0.303 e. The summed E-state index contributed by atoms with van der Waals surface area (Å²) in [4.78, 5) is 10.9. The van der Waals surface area contributed by atoms with Crippen LogP contribution in [0.2, 0.25) is 0 Å². The molecule has 2 rings (SSSR count). The molecule has 0 saturated heterocycles. The van der Waals surface area contributed by atoms with Gasteiger partial charge in [0.05, 0.1) is 12.2 Å². The molecule has 138 valence electrons. The van der Waals surface area contributed by atoms with Gasteiger partial charge in [-0.2, -0.15) is 0 Å². The van der Waals surface area contributed by atoms with Crippen molar-refractivity contribution < 1.29 is 20.1 Å². The molecule has 0 heterocycles. The van der Waals surface area contributed by atoms with Crippen LogP contribution in [0.1, 0.15) is 66.2 Å². The zero-order valence-electron chi connectivity index (χ0n) is 15.6. The summed E-state index contributed by atoms with van der Waals surface area (Å²) >= 11 is 0. The average Bonchev–Trinajstić information content (AvgIpc) is 2.46. The number of rotatable bonds is 5. The predicted octanol–water partition coefficient (Wildman–Crippen LogP) is 3.62. The van der Waals surface area contributed by atoms with Crippen LogP contribution in [0.15, 0.2) is 12.2 Å². The van der Waals surface area contributed by atoms with E-state index in [1.807, 2.05) is 6.92 Å². The fraction of sp³-hybridized carbons (Fsp3) is 0.850. The fourth-order valence-corrected chi connectivity index (χ4v) is 5.46. The second kappa shape index (κ2) is 6.80. The number of aliphatic carboxylic acids is 1. The number of aliphatic hydroxyl groups excluding tert-OH is 2. The zero-order chi connectivity index (χ0) is 18.3. The predicted molar refractivity (Wildman–Crippen MR) is 94.5 cm³/mol. The molecule has 0 amide bonds. The molecule has 3 N–H and O–H groups in total. The second-order valence-electron chi connectivity index (χ2n) is 9.09. The summed E-state index contributed by atoms with van der Waals surface area (Å²) in [7, 11) is 0. The summed E-state index contributed by atoms with van der Waals surface area (Å²) < 4.78 is 0. The van der Waals surface area contributed by atoms with Gasteiger partial charge in [-0.05, 0) is 66.3 Å². The van der Waals surface area contributed by atoms with E-state index in [4.69, 9.17) is 5.11 Å². The molecule has 6 atom stereocenters. The van der Waals surface area contributed by atoms with E-state index >= 15 is 0 Å². The van der Waals surface area contributed by atoms with Crippen LogP contribution in [0.4, 0.5) is 0 Å². The fourth-order valence-electron chi connectivity index (χ4n) is 5.46. The van der Waals surface area contributed by atoms with Crippen LogP contribution >= 0.6 is 0 Å². The Balaban J connectivity index is 2.21. The van der Waals surface area contributed by atoms with Gasteiger partial charge in [0.2, 0.25) is 0 Å². The number of fused-ring (bicyclic) bond motifs is 1. The van der Waals surface area contributed by atoms with Gasteiger partial charge >= 0.3 is 5.97 Å². The number of aliphatic hydroxyl groups is 2. The largest absolute Gasteiger partial charge is 0.481 e. The van der Waals surface area contributed by atoms with Crippen LogP contribution in [-0.4, -0.2) is 33.5 Å². The Hall–Kier alpha value is -0.870. The average molecular weight is 338 g/mol. The van der Waals surface area contributed by atoms with E-state index in [1.54, 1.807) is 0 Å². The van der Waals surface area contributed by atoms with Gasteiger partial charge < -0.3 is 15.3 Å². The van der Waals surface area contributed by atoms with Crippen molar-refractivity contribution in [2.75, 3.05) is 0 Å². The normalized spacial score (nSPS) is 40.0. The van der Waals surface area contributed by atoms with E-state index in [0.717, 1.165) is 31.3 Å². The summed E-state index contributed by atoms with van der Waals surface area (Å²) in [5, 5.41) is 30.0. The first-order chi connectivity index (χ1) is 11.0. The summed E-state index contributed by atoms with van der Waals surface area (Å²) in [6.07, 6.45) is 3.41. The lowest BCUT2D eigenvalue weighted by atomic mass is 9.46. The Morgan fingerprint density at radius 2 is 1.96 bits per heavy atom. The maximum Gasteiger partial charge on any atom is 0.303 e. The number of hydrogen-bond acceptors (Lipinski definition) is 3. The van der Waals surface area contributed by atoms with Gasteiger partial charge in [0.25, 0.3) is 0 Å². The molecule has 0 bridgehead atoms. The van der Waals surface area contributed by atoms with Crippen LogP contribution < -0.4 is 0 Å². The van der Waals surface area contributed by atoms with Crippen molar-refractivity contribution in [2.24, 2.45) is 28.6 Å². The lowest BCUT2D eigenvalue weighted by molar-refractivity contribution is -0.142. The van der Waals surface area contributed by atoms with Gasteiger partial charge in [-0.15, -0.1) is 0 Å². The summed E-state index contributed by atoms with van der Waals surface area (Å²) in [6, 6.07) is 0. The molecule has 0 spiro atoms. The molecule has 2 fully saturated rings. The molecule has 6 unspecified atom stereocenters. The van der Waals surface area contributed by atoms with Crippen molar-refractivity contribution in [3.63, 3.8) is 0 Å². The quantitative estimate of drug-likeness (QED) is 0.669. The molecule has 0 aromatic carbocycles. The highest BCUT2D eigenvalue weighted by atomic mass is 16.4. The highest BCUT2D eigenvalue weighted by molar-refractivity contribution is 5.66. The van der Waals surface area contributed by atoms with E-state index in [2.05, 4.69) is 27.4 Å². The van der Waals surface area contributed by atoms with Crippen molar-refractivity contribution in [2.45, 2.75) is 78.4 Å². The van der Waals surface area contributed by atoms with Crippen molar-refractivity contribution in [1.29, 1.82) is 0 Å². The molecule has 0 aliphatic heterocycles. The Labute approximate surface area is 146 Å².